The molecule has 5 nitrogen and oxygen atoms in total. The number of hydrazine groups is 1. The van der Waals surface area contributed by atoms with Crippen molar-refractivity contribution in [1.29, 1.82) is 0 Å². The highest BCUT2D eigenvalue weighted by Crippen LogP contribution is 2.15. The molecular weight excluding hydrogens is 228 g/mol. The smallest absolute Gasteiger partial charge is 0.178 e. The molecule has 0 aliphatic carbocycles. The van der Waals surface area contributed by atoms with Gasteiger partial charge in [0.25, 0.3) is 0 Å². The quantitative estimate of drug-likeness (QED) is 0.518. The Morgan fingerprint density at radius 2 is 1.94 bits per heavy atom. The molecule has 0 heterocycles. The second-order valence-electron chi connectivity index (χ2n) is 3.63. The number of hydrogen-bond acceptors (Lipinski definition) is 5. The fraction of sp³-hybridized carbons (Fsp3) is 0.400. The second kappa shape index (κ2) is 5.29. The van der Waals surface area contributed by atoms with Crippen LogP contribution in [0.1, 0.15) is 13.3 Å². The van der Waals surface area contributed by atoms with Crippen LogP contribution in [0.2, 0.25) is 0 Å². The van der Waals surface area contributed by atoms with E-state index in [4.69, 9.17) is 10.9 Å². The minimum absolute atomic E-state index is 0.0555. The van der Waals surface area contributed by atoms with E-state index in [9.17, 15) is 8.42 Å². The zero-order chi connectivity index (χ0) is 12.2. The first-order chi connectivity index (χ1) is 7.45. The Morgan fingerprint density at radius 3 is 2.38 bits per heavy atom. The average Bonchev–Trinajstić information content (AvgIpc) is 2.27. The van der Waals surface area contributed by atoms with Crippen molar-refractivity contribution in [2.24, 2.45) is 5.84 Å². The van der Waals surface area contributed by atoms with E-state index in [0.717, 1.165) is 0 Å². The first-order valence-corrected chi connectivity index (χ1v) is 6.58. The van der Waals surface area contributed by atoms with Gasteiger partial charge < -0.3 is 10.5 Å². The lowest BCUT2D eigenvalue weighted by atomic mass is 10.3. The van der Waals surface area contributed by atoms with Crippen LogP contribution in [-0.2, 0) is 9.84 Å². The normalized spacial score (nSPS) is 13.4. The summed E-state index contributed by atoms with van der Waals surface area (Å²) in [6, 6.07) is 6.17. The Hall–Kier alpha value is -1.11. The number of nitrogens with two attached hydrogens (primary N) is 1. The van der Waals surface area contributed by atoms with Crippen LogP contribution in [0, 0.1) is 0 Å². The number of rotatable bonds is 5. The zero-order valence-electron chi connectivity index (χ0n) is 9.05. The van der Waals surface area contributed by atoms with Gasteiger partial charge in [0, 0.05) is 5.69 Å². The molecule has 0 aromatic heterocycles. The van der Waals surface area contributed by atoms with E-state index < -0.39 is 15.9 Å². The lowest BCUT2D eigenvalue weighted by Gasteiger charge is -2.07. The summed E-state index contributed by atoms with van der Waals surface area (Å²) < 4.78 is 23.5. The predicted octanol–water partition coefficient (Wildman–Crippen LogP) is 0.517. The maximum Gasteiger partial charge on any atom is 0.178 e. The number of aliphatic hydroxyl groups is 1. The van der Waals surface area contributed by atoms with Crippen LogP contribution in [-0.4, -0.2) is 25.4 Å². The van der Waals surface area contributed by atoms with Gasteiger partial charge in [-0.2, -0.15) is 0 Å². The highest BCUT2D eigenvalue weighted by molar-refractivity contribution is 7.91. The molecule has 16 heavy (non-hydrogen) atoms. The third kappa shape index (κ3) is 3.48. The highest BCUT2D eigenvalue weighted by Gasteiger charge is 2.14. The van der Waals surface area contributed by atoms with Crippen molar-refractivity contribution in [1.82, 2.24) is 0 Å². The molecule has 0 saturated heterocycles. The van der Waals surface area contributed by atoms with E-state index in [-0.39, 0.29) is 17.1 Å². The Balaban J connectivity index is 2.82. The summed E-state index contributed by atoms with van der Waals surface area (Å²) in [6.07, 6.45) is -0.376. The van der Waals surface area contributed by atoms with E-state index in [1.165, 1.54) is 12.1 Å². The highest BCUT2D eigenvalue weighted by atomic mass is 32.2. The lowest BCUT2D eigenvalue weighted by Crippen LogP contribution is -2.13. The number of nitrogens with one attached hydrogen (secondary N) is 1. The van der Waals surface area contributed by atoms with Crippen molar-refractivity contribution >= 4 is 15.5 Å². The van der Waals surface area contributed by atoms with Crippen molar-refractivity contribution < 1.29 is 13.5 Å². The SMILES string of the molecule is CC(O)CCS(=O)(=O)c1ccc(NN)cc1. The number of hydrogen-bond donors (Lipinski definition) is 3. The number of anilines is 1. The van der Waals surface area contributed by atoms with Gasteiger partial charge in [-0.3, -0.25) is 5.84 Å². The van der Waals surface area contributed by atoms with Crippen LogP contribution in [0.15, 0.2) is 29.2 Å². The maximum atomic E-state index is 11.8. The van der Waals surface area contributed by atoms with Crippen molar-refractivity contribution in [2.45, 2.75) is 24.3 Å². The molecule has 4 N–H and O–H groups in total. The molecule has 0 spiro atoms. The monoisotopic (exact) mass is 244 g/mol. The molecule has 1 rings (SSSR count). The van der Waals surface area contributed by atoms with Crippen molar-refractivity contribution in [3.63, 3.8) is 0 Å². The van der Waals surface area contributed by atoms with Gasteiger partial charge in [-0.1, -0.05) is 0 Å². The van der Waals surface area contributed by atoms with Crippen molar-refractivity contribution in [3.8, 4) is 0 Å². The molecule has 90 valence electrons. The third-order valence-electron chi connectivity index (χ3n) is 2.18. The molecule has 0 bridgehead atoms. The molecule has 0 saturated carbocycles. The molecule has 1 aromatic carbocycles. The Morgan fingerprint density at radius 1 is 1.38 bits per heavy atom. The molecule has 6 heteroatoms. The van der Waals surface area contributed by atoms with Crippen LogP contribution in [0.3, 0.4) is 0 Å². The van der Waals surface area contributed by atoms with Gasteiger partial charge in [0.15, 0.2) is 9.84 Å². The van der Waals surface area contributed by atoms with Gasteiger partial charge in [0.2, 0.25) is 0 Å². The Labute approximate surface area is 95.2 Å². The molecule has 0 amide bonds. The minimum Gasteiger partial charge on any atom is -0.393 e. The molecule has 1 aromatic rings. The summed E-state index contributed by atoms with van der Waals surface area (Å²) in [5.74, 6) is 5.12. The molecule has 0 radical (unpaired) electrons. The fourth-order valence-electron chi connectivity index (χ4n) is 1.20. The van der Waals surface area contributed by atoms with E-state index in [1.807, 2.05) is 0 Å². The predicted molar refractivity (Wildman–Crippen MR) is 62.6 cm³/mol. The van der Waals surface area contributed by atoms with Crippen molar-refractivity contribution in [3.05, 3.63) is 24.3 Å². The van der Waals surface area contributed by atoms with Crippen LogP contribution in [0.5, 0.6) is 0 Å². The van der Waals surface area contributed by atoms with Gasteiger partial charge in [0.1, 0.15) is 0 Å². The maximum absolute atomic E-state index is 11.8. The first kappa shape index (κ1) is 13.0. The summed E-state index contributed by atoms with van der Waals surface area (Å²) in [4.78, 5) is 0.243. The number of aliphatic hydroxyl groups excluding tert-OH is 1. The number of sulfone groups is 1. The molecule has 0 fully saturated rings. The van der Waals surface area contributed by atoms with E-state index in [0.29, 0.717) is 5.69 Å². The van der Waals surface area contributed by atoms with Gasteiger partial charge in [-0.15, -0.1) is 0 Å². The summed E-state index contributed by atoms with van der Waals surface area (Å²) >= 11 is 0. The largest absolute Gasteiger partial charge is 0.393 e. The summed E-state index contributed by atoms with van der Waals surface area (Å²) in [7, 11) is -3.31. The van der Waals surface area contributed by atoms with Gasteiger partial charge >= 0.3 is 0 Å². The van der Waals surface area contributed by atoms with Crippen LogP contribution in [0.4, 0.5) is 5.69 Å². The van der Waals surface area contributed by atoms with Gasteiger partial charge in [0.05, 0.1) is 16.8 Å². The summed E-state index contributed by atoms with van der Waals surface area (Å²) in [5, 5.41) is 9.05. The summed E-state index contributed by atoms with van der Waals surface area (Å²) in [6.45, 7) is 1.57. The Bertz CT molecular complexity index is 426. The molecule has 0 aliphatic rings. The second-order valence-corrected chi connectivity index (χ2v) is 5.73. The topological polar surface area (TPSA) is 92.4 Å². The number of benzene rings is 1. The van der Waals surface area contributed by atoms with Crippen molar-refractivity contribution in [2.75, 3.05) is 11.2 Å². The van der Waals surface area contributed by atoms with E-state index >= 15 is 0 Å². The van der Waals surface area contributed by atoms with E-state index in [2.05, 4.69) is 5.43 Å². The molecule has 1 atom stereocenters. The lowest BCUT2D eigenvalue weighted by molar-refractivity contribution is 0.191. The molecular formula is C10H16N2O3S. The summed E-state index contributed by atoms with van der Waals surface area (Å²) in [5.41, 5.74) is 3.07. The number of nitrogen functional groups attached to an aromatic ring is 1. The standard InChI is InChI=1S/C10H16N2O3S/c1-8(13)6-7-16(14,15)10-4-2-9(12-11)3-5-10/h2-5,8,12-13H,6-7,11H2,1H3. The zero-order valence-corrected chi connectivity index (χ0v) is 9.87. The van der Waals surface area contributed by atoms with Crippen LogP contribution < -0.4 is 11.3 Å². The van der Waals surface area contributed by atoms with E-state index in [1.54, 1.807) is 19.1 Å². The molecule has 0 aliphatic heterocycles. The van der Waals surface area contributed by atoms with Crippen LogP contribution in [0.25, 0.3) is 0 Å². The fourth-order valence-corrected chi connectivity index (χ4v) is 2.64. The third-order valence-corrected chi connectivity index (χ3v) is 3.95. The minimum atomic E-state index is -3.31. The van der Waals surface area contributed by atoms with Gasteiger partial charge in [-0.05, 0) is 37.6 Å². The van der Waals surface area contributed by atoms with Gasteiger partial charge in [-0.25, -0.2) is 8.42 Å². The first-order valence-electron chi connectivity index (χ1n) is 4.93. The Kier molecular flexibility index (Phi) is 4.28. The average molecular weight is 244 g/mol. The molecule has 1 unspecified atom stereocenters. The van der Waals surface area contributed by atoms with Crippen LogP contribution >= 0.6 is 0 Å².